The molecule has 27 heavy (non-hydrogen) atoms. The van der Waals surface area contributed by atoms with Crippen LogP contribution in [-0.2, 0) is 11.4 Å². The number of aryl methyl sites for hydroxylation is 2. The van der Waals surface area contributed by atoms with Crippen LogP contribution in [0.2, 0.25) is 0 Å². The average molecular weight is 361 g/mol. The Hall–Kier alpha value is -3.27. The fraction of sp³-hybridized carbons (Fsp3) is 0.174. The minimum atomic E-state index is -0.202. The standard InChI is InChI=1S/C23H23NO3/c1-17-12-18(2)14-22(13-17)27-16-23(25)24-20-8-10-21(11-9-20)26-15-19-6-4-3-5-7-19/h3-14H,15-16H2,1-2H3,(H,24,25). The number of carbonyl (C=O) groups excluding carboxylic acids is 1. The van der Waals surface area contributed by atoms with Crippen molar-refractivity contribution in [2.45, 2.75) is 20.5 Å². The van der Waals surface area contributed by atoms with E-state index in [1.54, 1.807) is 0 Å². The molecule has 0 saturated heterocycles. The quantitative estimate of drug-likeness (QED) is 0.651. The van der Waals surface area contributed by atoms with Crippen molar-refractivity contribution in [3.63, 3.8) is 0 Å². The Bertz CT molecular complexity index is 869. The smallest absolute Gasteiger partial charge is 0.262 e. The van der Waals surface area contributed by atoms with Crippen molar-refractivity contribution >= 4 is 11.6 Å². The molecule has 0 aliphatic heterocycles. The van der Waals surface area contributed by atoms with E-state index in [4.69, 9.17) is 9.47 Å². The molecule has 0 saturated carbocycles. The highest BCUT2D eigenvalue weighted by Crippen LogP contribution is 2.18. The van der Waals surface area contributed by atoms with E-state index in [1.807, 2.05) is 80.6 Å². The highest BCUT2D eigenvalue weighted by molar-refractivity contribution is 5.91. The molecule has 0 bridgehead atoms. The molecular weight excluding hydrogens is 338 g/mol. The SMILES string of the molecule is Cc1cc(C)cc(OCC(=O)Nc2ccc(OCc3ccccc3)cc2)c1. The van der Waals surface area contributed by atoms with Crippen molar-refractivity contribution in [2.24, 2.45) is 0 Å². The summed E-state index contributed by atoms with van der Waals surface area (Å²) in [6.07, 6.45) is 0. The minimum Gasteiger partial charge on any atom is -0.489 e. The van der Waals surface area contributed by atoms with Gasteiger partial charge < -0.3 is 14.8 Å². The Labute approximate surface area is 159 Å². The zero-order valence-corrected chi connectivity index (χ0v) is 15.6. The van der Waals surface area contributed by atoms with Gasteiger partial charge in [0.1, 0.15) is 18.1 Å². The highest BCUT2D eigenvalue weighted by Gasteiger charge is 2.05. The third-order valence-corrected chi connectivity index (χ3v) is 3.95. The van der Waals surface area contributed by atoms with Gasteiger partial charge in [-0.1, -0.05) is 36.4 Å². The molecule has 0 heterocycles. The summed E-state index contributed by atoms with van der Waals surface area (Å²) in [6, 6.07) is 23.2. The van der Waals surface area contributed by atoms with Gasteiger partial charge in [-0.3, -0.25) is 4.79 Å². The van der Waals surface area contributed by atoms with Gasteiger partial charge in [-0.05, 0) is 66.9 Å². The summed E-state index contributed by atoms with van der Waals surface area (Å²) in [6.45, 7) is 4.48. The third-order valence-electron chi connectivity index (χ3n) is 3.95. The van der Waals surface area contributed by atoms with Crippen LogP contribution in [0.5, 0.6) is 11.5 Å². The van der Waals surface area contributed by atoms with Crippen LogP contribution in [0, 0.1) is 13.8 Å². The van der Waals surface area contributed by atoms with Gasteiger partial charge in [0.25, 0.3) is 5.91 Å². The molecule has 1 N–H and O–H groups in total. The predicted octanol–water partition coefficient (Wildman–Crippen LogP) is 4.90. The maximum Gasteiger partial charge on any atom is 0.262 e. The van der Waals surface area contributed by atoms with Crippen LogP contribution in [-0.4, -0.2) is 12.5 Å². The van der Waals surface area contributed by atoms with Crippen molar-refractivity contribution in [2.75, 3.05) is 11.9 Å². The van der Waals surface area contributed by atoms with Crippen molar-refractivity contribution in [1.82, 2.24) is 0 Å². The third kappa shape index (κ3) is 5.89. The van der Waals surface area contributed by atoms with E-state index >= 15 is 0 Å². The fourth-order valence-electron chi connectivity index (χ4n) is 2.74. The molecule has 3 aromatic rings. The van der Waals surface area contributed by atoms with Crippen LogP contribution in [0.3, 0.4) is 0 Å². The molecule has 4 nitrogen and oxygen atoms in total. The summed E-state index contributed by atoms with van der Waals surface area (Å²) in [4.78, 5) is 12.1. The number of ether oxygens (including phenoxy) is 2. The second-order valence-electron chi connectivity index (χ2n) is 6.46. The van der Waals surface area contributed by atoms with E-state index in [0.717, 1.165) is 22.4 Å². The van der Waals surface area contributed by atoms with Crippen molar-refractivity contribution in [3.05, 3.63) is 89.5 Å². The summed E-state index contributed by atoms with van der Waals surface area (Å²) in [7, 11) is 0. The van der Waals surface area contributed by atoms with Gasteiger partial charge in [0.15, 0.2) is 6.61 Å². The molecule has 3 aromatic carbocycles. The van der Waals surface area contributed by atoms with Gasteiger partial charge >= 0.3 is 0 Å². The van der Waals surface area contributed by atoms with E-state index in [9.17, 15) is 4.79 Å². The molecular formula is C23H23NO3. The lowest BCUT2D eigenvalue weighted by molar-refractivity contribution is -0.118. The number of carbonyl (C=O) groups is 1. The van der Waals surface area contributed by atoms with Gasteiger partial charge in [0.2, 0.25) is 0 Å². The Morgan fingerprint density at radius 3 is 2.15 bits per heavy atom. The monoisotopic (exact) mass is 361 g/mol. The van der Waals surface area contributed by atoms with Crippen LogP contribution in [0.25, 0.3) is 0 Å². The van der Waals surface area contributed by atoms with Crippen LogP contribution >= 0.6 is 0 Å². The fourth-order valence-corrected chi connectivity index (χ4v) is 2.74. The van der Waals surface area contributed by atoms with E-state index in [0.29, 0.717) is 18.0 Å². The number of nitrogens with one attached hydrogen (secondary N) is 1. The summed E-state index contributed by atoms with van der Waals surface area (Å²) in [5.74, 6) is 1.25. The average Bonchev–Trinajstić information content (AvgIpc) is 2.66. The van der Waals surface area contributed by atoms with E-state index in [-0.39, 0.29) is 12.5 Å². The number of amides is 1. The van der Waals surface area contributed by atoms with E-state index in [2.05, 4.69) is 11.4 Å². The molecule has 0 fully saturated rings. The van der Waals surface area contributed by atoms with Gasteiger partial charge in [-0.2, -0.15) is 0 Å². The molecule has 0 aliphatic carbocycles. The Balaban J connectivity index is 1.48. The van der Waals surface area contributed by atoms with Gasteiger partial charge in [0, 0.05) is 5.69 Å². The van der Waals surface area contributed by atoms with Crippen molar-refractivity contribution < 1.29 is 14.3 Å². The lowest BCUT2D eigenvalue weighted by Crippen LogP contribution is -2.20. The minimum absolute atomic E-state index is 0.0326. The number of benzene rings is 3. The molecule has 0 unspecified atom stereocenters. The zero-order chi connectivity index (χ0) is 19.1. The molecule has 0 aromatic heterocycles. The second kappa shape index (κ2) is 8.90. The normalized spacial score (nSPS) is 10.3. The lowest BCUT2D eigenvalue weighted by atomic mass is 10.1. The summed E-state index contributed by atoms with van der Waals surface area (Å²) in [5, 5.41) is 2.82. The second-order valence-corrected chi connectivity index (χ2v) is 6.46. The summed E-state index contributed by atoms with van der Waals surface area (Å²) >= 11 is 0. The number of hydrogen-bond acceptors (Lipinski definition) is 3. The molecule has 138 valence electrons. The van der Waals surface area contributed by atoms with Crippen LogP contribution < -0.4 is 14.8 Å². The first kappa shape index (κ1) is 18.5. The number of anilines is 1. The molecule has 0 aliphatic rings. The lowest BCUT2D eigenvalue weighted by Gasteiger charge is -2.10. The molecule has 1 amide bonds. The van der Waals surface area contributed by atoms with Crippen molar-refractivity contribution in [3.8, 4) is 11.5 Å². The Morgan fingerprint density at radius 1 is 0.815 bits per heavy atom. The Kier molecular flexibility index (Phi) is 6.10. The summed E-state index contributed by atoms with van der Waals surface area (Å²) in [5.41, 5.74) is 4.03. The molecule has 0 spiro atoms. The molecule has 0 atom stereocenters. The van der Waals surface area contributed by atoms with E-state index < -0.39 is 0 Å². The van der Waals surface area contributed by atoms with Gasteiger partial charge in [-0.15, -0.1) is 0 Å². The van der Waals surface area contributed by atoms with Crippen molar-refractivity contribution in [1.29, 1.82) is 0 Å². The first-order chi connectivity index (χ1) is 13.1. The van der Waals surface area contributed by atoms with Gasteiger partial charge in [0.05, 0.1) is 0 Å². The van der Waals surface area contributed by atoms with Crippen LogP contribution in [0.4, 0.5) is 5.69 Å². The molecule has 3 rings (SSSR count). The van der Waals surface area contributed by atoms with Crippen LogP contribution in [0.15, 0.2) is 72.8 Å². The highest BCUT2D eigenvalue weighted by atomic mass is 16.5. The molecule has 0 radical (unpaired) electrons. The van der Waals surface area contributed by atoms with Gasteiger partial charge in [-0.25, -0.2) is 0 Å². The first-order valence-corrected chi connectivity index (χ1v) is 8.86. The predicted molar refractivity (Wildman–Crippen MR) is 107 cm³/mol. The van der Waals surface area contributed by atoms with Crippen LogP contribution in [0.1, 0.15) is 16.7 Å². The first-order valence-electron chi connectivity index (χ1n) is 8.86. The number of rotatable bonds is 7. The maximum absolute atomic E-state index is 12.1. The van der Waals surface area contributed by atoms with E-state index in [1.165, 1.54) is 0 Å². The topological polar surface area (TPSA) is 47.6 Å². The molecule has 4 heteroatoms. The zero-order valence-electron chi connectivity index (χ0n) is 15.6. The maximum atomic E-state index is 12.1. The number of hydrogen-bond donors (Lipinski definition) is 1. The largest absolute Gasteiger partial charge is 0.489 e. The summed E-state index contributed by atoms with van der Waals surface area (Å²) < 4.78 is 11.3. The Morgan fingerprint density at radius 2 is 1.48 bits per heavy atom.